The largest absolute Gasteiger partial charge is 0.469 e. The molecule has 0 spiro atoms. The number of hydrogen-bond donors (Lipinski definition) is 1. The van der Waals surface area contributed by atoms with Gasteiger partial charge in [0.1, 0.15) is 11.5 Å². The molecule has 0 aromatic heterocycles. The summed E-state index contributed by atoms with van der Waals surface area (Å²) in [5.41, 5.74) is 0.771. The molecule has 0 aliphatic heterocycles. The van der Waals surface area contributed by atoms with Gasteiger partial charge in [-0.2, -0.15) is 5.26 Å². The number of rotatable bonds is 6. The first kappa shape index (κ1) is 21.5. The minimum Gasteiger partial charge on any atom is -0.469 e. The number of allylic oxidation sites excluding steroid dienone is 1. The second-order valence-electron chi connectivity index (χ2n) is 6.76. The van der Waals surface area contributed by atoms with Crippen LogP contribution in [0, 0.1) is 17.2 Å². The van der Waals surface area contributed by atoms with Crippen LogP contribution in [-0.4, -0.2) is 35.3 Å². The molecule has 4 nitrogen and oxygen atoms in total. The molecule has 2 aromatic carbocycles. The molecule has 0 amide bonds. The van der Waals surface area contributed by atoms with Gasteiger partial charge >= 0.3 is 5.97 Å². The highest BCUT2D eigenvalue weighted by atomic mass is 32.2. The summed E-state index contributed by atoms with van der Waals surface area (Å²) in [4.78, 5) is 13.1. The number of nitrogens with zero attached hydrogens (tertiary/aromatic N) is 1. The molecular weight excluding hydrogens is 402 g/mol. The lowest BCUT2D eigenvalue weighted by molar-refractivity contribution is -0.153. The minimum absolute atomic E-state index is 0.185. The predicted molar refractivity (Wildman–Crippen MR) is 118 cm³/mol. The molecular formula is C23H23NO3S2. The van der Waals surface area contributed by atoms with E-state index in [9.17, 15) is 15.2 Å². The van der Waals surface area contributed by atoms with Crippen molar-refractivity contribution in [1.29, 1.82) is 5.26 Å². The van der Waals surface area contributed by atoms with Gasteiger partial charge in [0.2, 0.25) is 0 Å². The van der Waals surface area contributed by atoms with Crippen LogP contribution in [0.25, 0.3) is 0 Å². The molecule has 2 aromatic rings. The van der Waals surface area contributed by atoms with E-state index in [-0.39, 0.29) is 4.58 Å². The van der Waals surface area contributed by atoms with Crippen LogP contribution in [0.1, 0.15) is 17.0 Å². The van der Waals surface area contributed by atoms with Crippen LogP contribution in [0.15, 0.2) is 71.8 Å². The molecule has 0 saturated heterocycles. The summed E-state index contributed by atoms with van der Waals surface area (Å²) in [5.74, 6) is -2.08. The highest BCUT2D eigenvalue weighted by molar-refractivity contribution is 8.16. The van der Waals surface area contributed by atoms with E-state index in [4.69, 9.17) is 4.74 Å². The van der Waals surface area contributed by atoms with Gasteiger partial charge in [-0.15, -0.1) is 23.5 Å². The standard InChI is InChI=1S/C23H23NO3S2/c1-27-21(25)20-18(15-10-6-4-7-11-15)17(14-24)19(22(28-2)29-3)23(20,26)16-12-8-5-9-13-16/h4-13,18,20,22,26H,1-3H3/t18-,20+,23-/m0/s1. The van der Waals surface area contributed by atoms with E-state index in [1.165, 1.54) is 7.11 Å². The number of aliphatic hydroxyl groups is 1. The summed E-state index contributed by atoms with van der Waals surface area (Å²) in [6.45, 7) is 0. The fourth-order valence-electron chi connectivity index (χ4n) is 4.20. The fraction of sp³-hybridized carbons (Fsp3) is 0.304. The molecule has 0 fully saturated rings. The van der Waals surface area contributed by atoms with Gasteiger partial charge < -0.3 is 9.84 Å². The zero-order valence-corrected chi connectivity index (χ0v) is 18.2. The number of nitriles is 1. The molecule has 1 aliphatic carbocycles. The van der Waals surface area contributed by atoms with Crippen LogP contribution in [0.3, 0.4) is 0 Å². The van der Waals surface area contributed by atoms with E-state index in [0.29, 0.717) is 16.7 Å². The maximum atomic E-state index is 13.1. The number of benzene rings is 2. The van der Waals surface area contributed by atoms with Gasteiger partial charge in [0, 0.05) is 17.1 Å². The Labute approximate surface area is 180 Å². The second-order valence-corrected chi connectivity index (χ2v) is 8.95. The van der Waals surface area contributed by atoms with Crippen molar-refractivity contribution in [2.75, 3.05) is 19.6 Å². The Morgan fingerprint density at radius 2 is 1.66 bits per heavy atom. The summed E-state index contributed by atoms with van der Waals surface area (Å²) in [5, 5.41) is 22.4. The van der Waals surface area contributed by atoms with Crippen molar-refractivity contribution in [3.63, 3.8) is 0 Å². The number of carbonyl (C=O) groups excluding carboxylic acids is 1. The first-order valence-electron chi connectivity index (χ1n) is 9.15. The monoisotopic (exact) mass is 425 g/mol. The maximum absolute atomic E-state index is 13.1. The van der Waals surface area contributed by atoms with Crippen LogP contribution >= 0.6 is 23.5 Å². The third-order valence-corrected chi connectivity index (χ3v) is 7.89. The summed E-state index contributed by atoms with van der Waals surface area (Å²) >= 11 is 3.09. The quantitative estimate of drug-likeness (QED) is 0.549. The Morgan fingerprint density at radius 1 is 1.10 bits per heavy atom. The van der Waals surface area contributed by atoms with E-state index in [1.807, 2.05) is 61.0 Å². The zero-order chi connectivity index (χ0) is 21.0. The summed E-state index contributed by atoms with van der Waals surface area (Å²) in [7, 11) is 1.32. The van der Waals surface area contributed by atoms with Gasteiger partial charge in [-0.25, -0.2) is 0 Å². The first-order chi connectivity index (χ1) is 14.0. The van der Waals surface area contributed by atoms with E-state index < -0.39 is 23.4 Å². The maximum Gasteiger partial charge on any atom is 0.313 e. The summed E-state index contributed by atoms with van der Waals surface area (Å²) in [6, 6.07) is 20.9. The highest BCUT2D eigenvalue weighted by Gasteiger charge is 2.59. The fourth-order valence-corrected chi connectivity index (χ4v) is 6.05. The molecule has 0 heterocycles. The van der Waals surface area contributed by atoms with E-state index in [1.54, 1.807) is 35.7 Å². The Kier molecular flexibility index (Phi) is 6.74. The molecule has 3 atom stereocenters. The van der Waals surface area contributed by atoms with Gasteiger partial charge in [-0.1, -0.05) is 60.7 Å². The number of esters is 1. The van der Waals surface area contributed by atoms with Crippen LogP contribution in [0.2, 0.25) is 0 Å². The lowest BCUT2D eigenvalue weighted by Gasteiger charge is -2.36. The topological polar surface area (TPSA) is 70.3 Å². The zero-order valence-electron chi connectivity index (χ0n) is 16.5. The normalized spacial score (nSPS) is 23.9. The van der Waals surface area contributed by atoms with Crippen LogP contribution in [0.4, 0.5) is 0 Å². The highest BCUT2D eigenvalue weighted by Crippen LogP contribution is 2.58. The average molecular weight is 426 g/mol. The van der Waals surface area contributed by atoms with Gasteiger partial charge in [0.15, 0.2) is 0 Å². The van der Waals surface area contributed by atoms with Crippen molar-refractivity contribution in [2.45, 2.75) is 16.1 Å². The molecule has 29 heavy (non-hydrogen) atoms. The molecule has 0 unspecified atom stereocenters. The lowest BCUT2D eigenvalue weighted by atomic mass is 9.75. The predicted octanol–water partition coefficient (Wildman–Crippen LogP) is 4.33. The van der Waals surface area contributed by atoms with Gasteiger partial charge in [0.25, 0.3) is 0 Å². The number of carbonyl (C=O) groups is 1. The van der Waals surface area contributed by atoms with Gasteiger partial charge in [0.05, 0.1) is 17.8 Å². The third-order valence-electron chi connectivity index (χ3n) is 5.41. The van der Waals surface area contributed by atoms with E-state index in [2.05, 4.69) is 6.07 Å². The molecule has 0 saturated carbocycles. The SMILES string of the molecule is COC(=O)[C@H]1[C@@H](c2ccccc2)C(C#N)=C(C(SC)SC)[C@@]1(O)c1ccccc1. The number of hydrogen-bond acceptors (Lipinski definition) is 6. The van der Waals surface area contributed by atoms with Crippen LogP contribution < -0.4 is 0 Å². The van der Waals surface area contributed by atoms with Crippen molar-refractivity contribution in [3.8, 4) is 6.07 Å². The molecule has 0 radical (unpaired) electrons. The summed E-state index contributed by atoms with van der Waals surface area (Å²) in [6.07, 6.45) is 3.88. The second kappa shape index (κ2) is 9.08. The van der Waals surface area contributed by atoms with Crippen molar-refractivity contribution in [2.24, 2.45) is 5.92 Å². The van der Waals surface area contributed by atoms with Gasteiger partial charge in [-0.05, 0) is 23.6 Å². The van der Waals surface area contributed by atoms with Crippen molar-refractivity contribution < 1.29 is 14.6 Å². The smallest absolute Gasteiger partial charge is 0.313 e. The number of thioether (sulfide) groups is 2. The van der Waals surface area contributed by atoms with Crippen LogP contribution in [0.5, 0.6) is 0 Å². The molecule has 6 heteroatoms. The third kappa shape index (κ3) is 3.59. The molecule has 3 rings (SSSR count). The summed E-state index contributed by atoms with van der Waals surface area (Å²) < 4.78 is 4.96. The Bertz CT molecular complexity index is 936. The van der Waals surface area contributed by atoms with Crippen molar-refractivity contribution >= 4 is 29.5 Å². The number of ether oxygens (including phenoxy) is 1. The Balaban J connectivity index is 2.38. The first-order valence-corrected chi connectivity index (χ1v) is 11.7. The molecule has 1 aliphatic rings. The lowest BCUT2D eigenvalue weighted by Crippen LogP contribution is -2.42. The van der Waals surface area contributed by atoms with Crippen LogP contribution in [-0.2, 0) is 15.1 Å². The van der Waals surface area contributed by atoms with E-state index in [0.717, 1.165) is 5.56 Å². The van der Waals surface area contributed by atoms with Crippen molar-refractivity contribution in [3.05, 3.63) is 82.9 Å². The van der Waals surface area contributed by atoms with Crippen molar-refractivity contribution in [1.82, 2.24) is 0 Å². The van der Waals surface area contributed by atoms with E-state index >= 15 is 0 Å². The average Bonchev–Trinajstić information content (AvgIpc) is 3.05. The molecule has 0 bridgehead atoms. The Morgan fingerprint density at radius 3 is 2.14 bits per heavy atom. The molecule has 1 N–H and O–H groups in total. The minimum atomic E-state index is -1.64. The van der Waals surface area contributed by atoms with Gasteiger partial charge in [-0.3, -0.25) is 4.79 Å². The Hall–Kier alpha value is -2.20. The molecule has 150 valence electrons. The number of methoxy groups -OCH3 is 1.